The number of amides is 1. The number of hydrogen-bond acceptors (Lipinski definition) is 3. The van der Waals surface area contributed by atoms with Crippen molar-refractivity contribution in [3.05, 3.63) is 28.8 Å². The van der Waals surface area contributed by atoms with Crippen LogP contribution >= 0.6 is 11.6 Å². The summed E-state index contributed by atoms with van der Waals surface area (Å²) in [7, 11) is 1.45. The van der Waals surface area contributed by atoms with Crippen molar-refractivity contribution in [1.82, 2.24) is 0 Å². The molecule has 8 heteroatoms. The average molecular weight is 352 g/mol. The molecule has 1 amide bonds. The number of hydrogen-bond donors (Lipinski definition) is 1. The Hall–Kier alpha value is -1.31. The molecule has 2 rings (SSSR count). The number of ether oxygens (including phenoxy) is 2. The molecule has 0 atom stereocenters. The molecule has 0 aliphatic carbocycles. The monoisotopic (exact) mass is 351 g/mol. The lowest BCUT2D eigenvalue weighted by atomic mass is 9.78. The van der Waals surface area contributed by atoms with Crippen molar-refractivity contribution in [1.29, 1.82) is 0 Å². The highest BCUT2D eigenvalue weighted by atomic mass is 35.5. The van der Waals surface area contributed by atoms with E-state index in [0.29, 0.717) is 10.6 Å². The maximum Gasteiger partial charge on any atom is 0.403 e. The molecule has 0 unspecified atom stereocenters. The van der Waals surface area contributed by atoms with Crippen LogP contribution < -0.4 is 5.32 Å². The molecule has 0 spiro atoms. The van der Waals surface area contributed by atoms with Crippen molar-refractivity contribution >= 4 is 23.2 Å². The third-order valence-electron chi connectivity index (χ3n) is 3.94. The lowest BCUT2D eigenvalue weighted by molar-refractivity contribution is -0.237. The standard InChI is InChI=1S/C15H17ClF3NO3/c1-22-9-10-8-11(16)2-3-12(10)20-13(21)14(15(17,18)19)4-6-23-7-5-14/h2-3,8H,4-7,9H2,1H3,(H,20,21). The first kappa shape index (κ1) is 18.0. The lowest BCUT2D eigenvalue weighted by Crippen LogP contribution is -2.51. The second-order valence-electron chi connectivity index (χ2n) is 5.38. The number of benzene rings is 1. The first-order chi connectivity index (χ1) is 10.8. The third-order valence-corrected chi connectivity index (χ3v) is 4.17. The van der Waals surface area contributed by atoms with Crippen molar-refractivity contribution in [3.8, 4) is 0 Å². The van der Waals surface area contributed by atoms with Crippen LogP contribution in [0.5, 0.6) is 0 Å². The first-order valence-electron chi connectivity index (χ1n) is 7.03. The summed E-state index contributed by atoms with van der Waals surface area (Å²) in [4.78, 5) is 12.4. The number of nitrogens with one attached hydrogen (secondary N) is 1. The summed E-state index contributed by atoms with van der Waals surface area (Å²) in [6, 6.07) is 4.52. The van der Waals surface area contributed by atoms with E-state index in [4.69, 9.17) is 21.1 Å². The van der Waals surface area contributed by atoms with Gasteiger partial charge in [0.1, 0.15) is 5.41 Å². The van der Waals surface area contributed by atoms with E-state index in [2.05, 4.69) is 5.32 Å². The molecule has 1 aliphatic rings. The molecule has 1 N–H and O–H groups in total. The first-order valence-corrected chi connectivity index (χ1v) is 7.41. The zero-order valence-electron chi connectivity index (χ0n) is 12.5. The van der Waals surface area contributed by atoms with Gasteiger partial charge >= 0.3 is 6.18 Å². The molecule has 0 aromatic heterocycles. The van der Waals surface area contributed by atoms with Gasteiger partial charge in [-0.3, -0.25) is 4.79 Å². The fourth-order valence-electron chi connectivity index (χ4n) is 2.56. The average Bonchev–Trinajstić information content (AvgIpc) is 2.50. The van der Waals surface area contributed by atoms with Crippen molar-refractivity contribution in [3.63, 3.8) is 0 Å². The van der Waals surface area contributed by atoms with Gasteiger partial charge < -0.3 is 14.8 Å². The highest BCUT2D eigenvalue weighted by Gasteiger charge is 2.60. The fraction of sp³-hybridized carbons (Fsp3) is 0.533. The van der Waals surface area contributed by atoms with Crippen molar-refractivity contribution in [2.75, 3.05) is 25.6 Å². The Labute approximate surface area is 136 Å². The summed E-state index contributed by atoms with van der Waals surface area (Å²) in [5, 5.41) is 2.80. The minimum absolute atomic E-state index is 0.0987. The summed E-state index contributed by atoms with van der Waals surface area (Å²) in [5.74, 6) is -1.08. The van der Waals surface area contributed by atoms with E-state index in [9.17, 15) is 18.0 Å². The predicted molar refractivity (Wildman–Crippen MR) is 79.3 cm³/mol. The number of carbonyl (C=O) groups excluding carboxylic acids is 1. The van der Waals surface area contributed by atoms with Gasteiger partial charge in [-0.15, -0.1) is 0 Å². The molecule has 128 valence electrons. The zero-order chi connectivity index (χ0) is 17.1. The Bertz CT molecular complexity index is 572. The molecule has 1 aliphatic heterocycles. The van der Waals surface area contributed by atoms with Crippen LogP contribution in [0.1, 0.15) is 18.4 Å². The van der Waals surface area contributed by atoms with E-state index in [-0.39, 0.29) is 25.5 Å². The second-order valence-corrected chi connectivity index (χ2v) is 5.82. The zero-order valence-corrected chi connectivity index (χ0v) is 13.3. The SMILES string of the molecule is COCc1cc(Cl)ccc1NC(=O)C1(C(F)(F)F)CCOCC1. The Morgan fingerprint density at radius 1 is 1.39 bits per heavy atom. The molecule has 23 heavy (non-hydrogen) atoms. The van der Waals surface area contributed by atoms with Crippen LogP contribution in [0.25, 0.3) is 0 Å². The van der Waals surface area contributed by atoms with Gasteiger partial charge in [0.2, 0.25) is 5.91 Å². The van der Waals surface area contributed by atoms with Gasteiger partial charge in [-0.05, 0) is 31.0 Å². The number of anilines is 1. The van der Waals surface area contributed by atoms with Gasteiger partial charge in [-0.25, -0.2) is 0 Å². The molecule has 0 saturated carbocycles. The van der Waals surface area contributed by atoms with E-state index in [1.807, 2.05) is 0 Å². The summed E-state index contributed by atoms with van der Waals surface area (Å²) in [6.45, 7) is -0.0742. The predicted octanol–water partition coefficient (Wildman–Crippen LogP) is 3.78. The number of halogens is 4. The molecule has 1 saturated heterocycles. The van der Waals surface area contributed by atoms with E-state index in [1.165, 1.54) is 19.2 Å². The van der Waals surface area contributed by atoms with Crippen LogP contribution in [0.15, 0.2) is 18.2 Å². The fourth-order valence-corrected chi connectivity index (χ4v) is 2.75. The smallest absolute Gasteiger partial charge is 0.381 e. The van der Waals surface area contributed by atoms with E-state index < -0.39 is 30.3 Å². The summed E-state index contributed by atoms with van der Waals surface area (Å²) >= 11 is 5.87. The van der Waals surface area contributed by atoms with Gasteiger partial charge in [0.15, 0.2) is 0 Å². The summed E-state index contributed by atoms with van der Waals surface area (Å²) in [5.41, 5.74) is -1.66. The van der Waals surface area contributed by atoms with Crippen LogP contribution in [0, 0.1) is 5.41 Å². The molecule has 4 nitrogen and oxygen atoms in total. The highest BCUT2D eigenvalue weighted by molar-refractivity contribution is 6.30. The Morgan fingerprint density at radius 3 is 2.61 bits per heavy atom. The maximum atomic E-state index is 13.5. The lowest BCUT2D eigenvalue weighted by Gasteiger charge is -2.37. The van der Waals surface area contributed by atoms with Gasteiger partial charge in [-0.1, -0.05) is 11.6 Å². The number of methoxy groups -OCH3 is 1. The molecule has 0 bridgehead atoms. The molecule has 1 fully saturated rings. The van der Waals surface area contributed by atoms with Crippen LogP contribution in [0.2, 0.25) is 5.02 Å². The largest absolute Gasteiger partial charge is 0.403 e. The van der Waals surface area contributed by atoms with Gasteiger partial charge in [0.05, 0.1) is 6.61 Å². The third kappa shape index (κ3) is 3.79. The van der Waals surface area contributed by atoms with Crippen molar-refractivity contribution in [2.45, 2.75) is 25.6 Å². The Morgan fingerprint density at radius 2 is 2.04 bits per heavy atom. The molecule has 1 aromatic carbocycles. The summed E-state index contributed by atoms with van der Waals surface area (Å²) < 4.78 is 50.5. The van der Waals surface area contributed by atoms with E-state index in [0.717, 1.165) is 0 Å². The molecule has 1 heterocycles. The minimum atomic E-state index is -4.64. The molecular weight excluding hydrogens is 335 g/mol. The number of rotatable bonds is 4. The van der Waals surface area contributed by atoms with E-state index in [1.54, 1.807) is 6.07 Å². The molecule has 1 aromatic rings. The molecule has 0 radical (unpaired) electrons. The minimum Gasteiger partial charge on any atom is -0.381 e. The Kier molecular flexibility index (Phi) is 5.54. The maximum absolute atomic E-state index is 13.5. The van der Waals surface area contributed by atoms with Gasteiger partial charge in [-0.2, -0.15) is 13.2 Å². The van der Waals surface area contributed by atoms with Crippen LogP contribution in [0.4, 0.5) is 18.9 Å². The molecular formula is C15H17ClF3NO3. The highest BCUT2D eigenvalue weighted by Crippen LogP contribution is 2.46. The number of alkyl halides is 3. The van der Waals surface area contributed by atoms with Crippen LogP contribution in [0.3, 0.4) is 0 Å². The van der Waals surface area contributed by atoms with Gasteiger partial charge in [0, 0.05) is 36.6 Å². The normalized spacial score (nSPS) is 17.8. The van der Waals surface area contributed by atoms with Gasteiger partial charge in [0.25, 0.3) is 0 Å². The Balaban J connectivity index is 2.29. The quantitative estimate of drug-likeness (QED) is 0.898. The summed E-state index contributed by atoms with van der Waals surface area (Å²) in [6.07, 6.45) is -5.43. The second kappa shape index (κ2) is 7.07. The van der Waals surface area contributed by atoms with Crippen LogP contribution in [-0.2, 0) is 20.9 Å². The van der Waals surface area contributed by atoms with E-state index >= 15 is 0 Å². The topological polar surface area (TPSA) is 47.6 Å². The van der Waals surface area contributed by atoms with Crippen molar-refractivity contribution in [2.24, 2.45) is 5.41 Å². The number of carbonyl (C=O) groups is 1. The van der Waals surface area contributed by atoms with Crippen LogP contribution in [-0.4, -0.2) is 32.4 Å². The van der Waals surface area contributed by atoms with Crippen molar-refractivity contribution < 1.29 is 27.4 Å².